The Labute approximate surface area is 128 Å². The SMILES string of the molecule is CC(=O)N(C)Cc1cccc(NC2CCC(C)(C)CC2)c1. The van der Waals surface area contributed by atoms with E-state index in [4.69, 9.17) is 0 Å². The van der Waals surface area contributed by atoms with Gasteiger partial charge < -0.3 is 10.2 Å². The summed E-state index contributed by atoms with van der Waals surface area (Å²) in [6.07, 6.45) is 5.06. The van der Waals surface area contributed by atoms with Crippen molar-refractivity contribution in [2.75, 3.05) is 12.4 Å². The highest BCUT2D eigenvalue weighted by Gasteiger charge is 2.26. The zero-order valence-corrected chi connectivity index (χ0v) is 13.8. The Morgan fingerprint density at radius 1 is 1.33 bits per heavy atom. The number of benzene rings is 1. The fourth-order valence-corrected chi connectivity index (χ4v) is 2.92. The van der Waals surface area contributed by atoms with E-state index in [1.54, 1.807) is 11.8 Å². The number of hydrogen-bond acceptors (Lipinski definition) is 2. The number of carbonyl (C=O) groups is 1. The molecule has 1 amide bonds. The van der Waals surface area contributed by atoms with Crippen molar-refractivity contribution in [3.05, 3.63) is 29.8 Å². The first-order valence-corrected chi connectivity index (χ1v) is 7.93. The maximum Gasteiger partial charge on any atom is 0.219 e. The Morgan fingerprint density at radius 3 is 2.62 bits per heavy atom. The van der Waals surface area contributed by atoms with E-state index < -0.39 is 0 Å². The molecule has 0 saturated heterocycles. The zero-order chi connectivity index (χ0) is 15.5. The quantitative estimate of drug-likeness (QED) is 0.906. The molecule has 21 heavy (non-hydrogen) atoms. The van der Waals surface area contributed by atoms with E-state index in [9.17, 15) is 4.79 Å². The van der Waals surface area contributed by atoms with Gasteiger partial charge in [-0.2, -0.15) is 0 Å². The number of nitrogens with zero attached hydrogens (tertiary/aromatic N) is 1. The molecule has 0 spiro atoms. The van der Waals surface area contributed by atoms with Gasteiger partial charge in [0.25, 0.3) is 0 Å². The van der Waals surface area contributed by atoms with Crippen LogP contribution in [0.15, 0.2) is 24.3 Å². The van der Waals surface area contributed by atoms with Crippen LogP contribution in [0.4, 0.5) is 5.69 Å². The zero-order valence-electron chi connectivity index (χ0n) is 13.8. The summed E-state index contributed by atoms with van der Waals surface area (Å²) < 4.78 is 0. The lowest BCUT2D eigenvalue weighted by Gasteiger charge is -2.35. The van der Waals surface area contributed by atoms with Crippen LogP contribution in [-0.4, -0.2) is 23.9 Å². The smallest absolute Gasteiger partial charge is 0.219 e. The van der Waals surface area contributed by atoms with Crippen LogP contribution < -0.4 is 5.32 Å². The third-order valence-corrected chi connectivity index (χ3v) is 4.59. The number of hydrogen-bond donors (Lipinski definition) is 1. The predicted octanol–water partition coefficient (Wildman–Crippen LogP) is 4.05. The summed E-state index contributed by atoms with van der Waals surface area (Å²) in [5.74, 6) is 0.0999. The Kier molecular flexibility index (Phi) is 4.92. The van der Waals surface area contributed by atoms with Gasteiger partial charge in [-0.05, 0) is 48.8 Å². The van der Waals surface area contributed by atoms with Crippen molar-refractivity contribution in [2.24, 2.45) is 5.41 Å². The second-order valence-corrected chi connectivity index (χ2v) is 7.16. The molecule has 3 nitrogen and oxygen atoms in total. The normalized spacial score (nSPS) is 18.3. The fourth-order valence-electron chi connectivity index (χ4n) is 2.92. The molecule has 1 aromatic rings. The largest absolute Gasteiger partial charge is 0.382 e. The highest BCUT2D eigenvalue weighted by molar-refractivity contribution is 5.72. The van der Waals surface area contributed by atoms with Gasteiger partial charge in [-0.15, -0.1) is 0 Å². The summed E-state index contributed by atoms with van der Waals surface area (Å²) >= 11 is 0. The Hall–Kier alpha value is -1.51. The van der Waals surface area contributed by atoms with Gasteiger partial charge in [0.2, 0.25) is 5.91 Å². The van der Waals surface area contributed by atoms with Crippen LogP contribution in [0.2, 0.25) is 0 Å². The average molecular weight is 288 g/mol. The van der Waals surface area contributed by atoms with Crippen molar-refractivity contribution in [3.63, 3.8) is 0 Å². The maximum atomic E-state index is 11.3. The summed E-state index contributed by atoms with van der Waals surface area (Å²) in [5, 5.41) is 3.66. The first-order chi connectivity index (χ1) is 9.85. The fraction of sp³-hybridized carbons (Fsp3) is 0.611. The van der Waals surface area contributed by atoms with Crippen LogP contribution in [0.25, 0.3) is 0 Å². The van der Waals surface area contributed by atoms with Gasteiger partial charge >= 0.3 is 0 Å². The Morgan fingerprint density at radius 2 is 2.00 bits per heavy atom. The summed E-state index contributed by atoms with van der Waals surface area (Å²) in [6.45, 7) is 7.00. The third kappa shape index (κ3) is 4.76. The molecule has 1 N–H and O–H groups in total. The molecule has 1 aliphatic rings. The van der Waals surface area contributed by atoms with Crippen molar-refractivity contribution >= 4 is 11.6 Å². The van der Waals surface area contributed by atoms with Gasteiger partial charge in [0.15, 0.2) is 0 Å². The lowest BCUT2D eigenvalue weighted by Crippen LogP contribution is -2.29. The number of rotatable bonds is 4. The second-order valence-electron chi connectivity index (χ2n) is 7.16. The molecule has 0 bridgehead atoms. The lowest BCUT2D eigenvalue weighted by molar-refractivity contribution is -0.128. The van der Waals surface area contributed by atoms with Gasteiger partial charge in [0, 0.05) is 32.2 Å². The van der Waals surface area contributed by atoms with E-state index in [2.05, 4.69) is 43.4 Å². The minimum atomic E-state index is 0.0999. The number of nitrogens with one attached hydrogen (secondary N) is 1. The molecule has 116 valence electrons. The second kappa shape index (κ2) is 6.50. The van der Waals surface area contributed by atoms with Gasteiger partial charge in [0.05, 0.1) is 0 Å². The lowest BCUT2D eigenvalue weighted by atomic mass is 9.75. The minimum absolute atomic E-state index is 0.0999. The first kappa shape index (κ1) is 15.9. The molecule has 0 aliphatic heterocycles. The van der Waals surface area contributed by atoms with Crippen molar-refractivity contribution in [3.8, 4) is 0 Å². The van der Waals surface area contributed by atoms with E-state index in [0.717, 1.165) is 0 Å². The standard InChI is InChI=1S/C18H28N2O/c1-14(21)20(4)13-15-6-5-7-17(12-15)19-16-8-10-18(2,3)11-9-16/h5-7,12,16,19H,8-11,13H2,1-4H3. The molecule has 0 radical (unpaired) electrons. The average Bonchev–Trinajstić information content (AvgIpc) is 2.41. The van der Waals surface area contributed by atoms with Gasteiger partial charge in [0.1, 0.15) is 0 Å². The number of amides is 1. The van der Waals surface area contributed by atoms with Gasteiger partial charge in [-0.1, -0.05) is 26.0 Å². The highest BCUT2D eigenvalue weighted by Crippen LogP contribution is 2.36. The maximum absolute atomic E-state index is 11.3. The Bertz CT molecular complexity index is 486. The Balaban J connectivity index is 1.94. The van der Waals surface area contributed by atoms with Crippen LogP contribution in [0.1, 0.15) is 52.0 Å². The summed E-state index contributed by atoms with van der Waals surface area (Å²) in [5.41, 5.74) is 2.85. The van der Waals surface area contributed by atoms with E-state index >= 15 is 0 Å². The monoisotopic (exact) mass is 288 g/mol. The predicted molar refractivity (Wildman–Crippen MR) is 88.2 cm³/mol. The molecular weight excluding hydrogens is 260 g/mol. The third-order valence-electron chi connectivity index (χ3n) is 4.59. The molecule has 0 atom stereocenters. The molecule has 0 aromatic heterocycles. The van der Waals surface area contributed by atoms with E-state index in [0.29, 0.717) is 18.0 Å². The molecule has 0 unspecified atom stereocenters. The van der Waals surface area contributed by atoms with E-state index in [-0.39, 0.29) is 5.91 Å². The van der Waals surface area contributed by atoms with Crippen LogP contribution in [0, 0.1) is 5.41 Å². The molecule has 0 heterocycles. The van der Waals surface area contributed by atoms with E-state index in [1.807, 2.05) is 7.05 Å². The summed E-state index contributed by atoms with van der Waals surface area (Å²) in [7, 11) is 1.84. The summed E-state index contributed by atoms with van der Waals surface area (Å²) in [6, 6.07) is 9.02. The van der Waals surface area contributed by atoms with Crippen molar-refractivity contribution in [1.82, 2.24) is 4.90 Å². The number of carbonyl (C=O) groups excluding carboxylic acids is 1. The molecular formula is C18H28N2O. The minimum Gasteiger partial charge on any atom is -0.382 e. The van der Waals surface area contributed by atoms with Gasteiger partial charge in [-0.3, -0.25) is 4.79 Å². The topological polar surface area (TPSA) is 32.3 Å². The molecule has 1 aliphatic carbocycles. The van der Waals surface area contributed by atoms with Crippen LogP contribution in [0.3, 0.4) is 0 Å². The molecule has 1 fully saturated rings. The van der Waals surface area contributed by atoms with Gasteiger partial charge in [-0.25, -0.2) is 0 Å². The van der Waals surface area contributed by atoms with Crippen molar-refractivity contribution in [2.45, 2.75) is 59.0 Å². The van der Waals surface area contributed by atoms with Crippen LogP contribution >= 0.6 is 0 Å². The summed E-state index contributed by atoms with van der Waals surface area (Å²) in [4.78, 5) is 13.1. The van der Waals surface area contributed by atoms with Crippen LogP contribution in [0.5, 0.6) is 0 Å². The van der Waals surface area contributed by atoms with Crippen molar-refractivity contribution < 1.29 is 4.79 Å². The van der Waals surface area contributed by atoms with Crippen molar-refractivity contribution in [1.29, 1.82) is 0 Å². The molecule has 1 saturated carbocycles. The molecule has 1 aromatic carbocycles. The van der Waals surface area contributed by atoms with E-state index in [1.165, 1.54) is 36.9 Å². The van der Waals surface area contributed by atoms with Crippen LogP contribution in [-0.2, 0) is 11.3 Å². The molecule has 2 rings (SSSR count). The first-order valence-electron chi connectivity index (χ1n) is 7.93. The number of anilines is 1. The molecule has 3 heteroatoms. The highest BCUT2D eigenvalue weighted by atomic mass is 16.2.